The van der Waals surface area contributed by atoms with Gasteiger partial charge < -0.3 is 19.6 Å². The molecule has 0 fully saturated rings. The maximum absolute atomic E-state index is 11.9. The van der Waals surface area contributed by atoms with E-state index in [2.05, 4.69) is 15.2 Å². The van der Waals surface area contributed by atoms with Gasteiger partial charge in [0.25, 0.3) is 5.56 Å². The Kier molecular flexibility index (Phi) is 5.81. The van der Waals surface area contributed by atoms with Crippen LogP contribution in [0.1, 0.15) is 12.1 Å². The minimum atomic E-state index is -0.990. The fourth-order valence-electron chi connectivity index (χ4n) is 1.86. The third-order valence-electron chi connectivity index (χ3n) is 3.00. The number of rotatable bonds is 8. The zero-order valence-corrected chi connectivity index (χ0v) is 12.6. The third kappa shape index (κ3) is 4.89. The molecule has 8 nitrogen and oxygen atoms in total. The van der Waals surface area contributed by atoms with Crippen molar-refractivity contribution in [2.24, 2.45) is 0 Å². The first kappa shape index (κ1) is 16.6. The topological polar surface area (TPSA) is 114 Å². The van der Waals surface area contributed by atoms with Gasteiger partial charge in [-0.15, -0.1) is 10.2 Å². The fourth-order valence-corrected chi connectivity index (χ4v) is 1.86. The summed E-state index contributed by atoms with van der Waals surface area (Å²) in [6.45, 7) is 0.884. The van der Waals surface area contributed by atoms with E-state index in [1.54, 1.807) is 31.4 Å². The highest BCUT2D eigenvalue weighted by atomic mass is 16.5. The van der Waals surface area contributed by atoms with E-state index < -0.39 is 11.5 Å². The maximum atomic E-state index is 11.9. The predicted molar refractivity (Wildman–Crippen MR) is 81.4 cm³/mol. The fraction of sp³-hybridized carbons (Fsp3) is 0.333. The van der Waals surface area contributed by atoms with Gasteiger partial charge in [0.1, 0.15) is 18.1 Å². The molecule has 0 aliphatic heterocycles. The molecule has 23 heavy (non-hydrogen) atoms. The molecule has 0 radical (unpaired) electrons. The number of aromatic amines is 1. The number of benzene rings is 1. The molecule has 0 amide bonds. The predicted octanol–water partition coefficient (Wildman–Crippen LogP) is 0.874. The smallest absolute Gasteiger partial charge is 0.303 e. The number of aliphatic carboxylic acids is 1. The van der Waals surface area contributed by atoms with Crippen LogP contribution in [-0.4, -0.2) is 46.6 Å². The van der Waals surface area contributed by atoms with Crippen LogP contribution in [0.4, 0.5) is 0 Å². The van der Waals surface area contributed by atoms with Crippen LogP contribution in [0.25, 0.3) is 11.4 Å². The first-order valence-electron chi connectivity index (χ1n) is 7.00. The second kappa shape index (κ2) is 8.04. The normalized spacial score (nSPS) is 10.5. The molecular weight excluding hydrogens is 302 g/mol. The van der Waals surface area contributed by atoms with E-state index in [0.29, 0.717) is 30.4 Å². The summed E-state index contributed by atoms with van der Waals surface area (Å²) in [4.78, 5) is 25.1. The lowest BCUT2D eigenvalue weighted by molar-refractivity contribution is -0.136. The Labute approximate surface area is 132 Å². The molecule has 0 atom stereocenters. The number of methoxy groups -OCH3 is 1. The molecule has 1 aromatic heterocycles. The molecule has 1 heterocycles. The Bertz CT molecular complexity index is 729. The summed E-state index contributed by atoms with van der Waals surface area (Å²) in [5.41, 5.74) is 0.305. The highest BCUT2D eigenvalue weighted by molar-refractivity contribution is 5.67. The molecule has 122 valence electrons. The van der Waals surface area contributed by atoms with Crippen molar-refractivity contribution in [1.29, 1.82) is 0 Å². The number of aromatic nitrogens is 3. The summed E-state index contributed by atoms with van der Waals surface area (Å²) in [7, 11) is 1.59. The van der Waals surface area contributed by atoms with Crippen LogP contribution in [0.15, 0.2) is 29.1 Å². The molecular formula is C15H17N3O5. The number of ether oxygens (including phenoxy) is 2. The average molecular weight is 319 g/mol. The van der Waals surface area contributed by atoms with E-state index >= 15 is 0 Å². The highest BCUT2D eigenvalue weighted by Crippen LogP contribution is 2.19. The second-order valence-electron chi connectivity index (χ2n) is 4.71. The largest absolute Gasteiger partial charge is 0.491 e. The van der Waals surface area contributed by atoms with Gasteiger partial charge in [0.15, 0.2) is 5.82 Å². The first-order valence-corrected chi connectivity index (χ1v) is 7.00. The average Bonchev–Trinajstić information content (AvgIpc) is 2.54. The lowest BCUT2D eigenvalue weighted by Gasteiger charge is -2.07. The molecule has 0 spiro atoms. The van der Waals surface area contributed by atoms with Crippen molar-refractivity contribution in [3.63, 3.8) is 0 Å². The minimum Gasteiger partial charge on any atom is -0.491 e. The molecule has 2 N–H and O–H groups in total. The van der Waals surface area contributed by atoms with E-state index in [0.717, 1.165) is 0 Å². The van der Waals surface area contributed by atoms with Gasteiger partial charge in [0.05, 0.1) is 13.0 Å². The summed E-state index contributed by atoms with van der Waals surface area (Å²) in [5.74, 6) is -0.0698. The number of hydrogen-bond acceptors (Lipinski definition) is 6. The van der Waals surface area contributed by atoms with Gasteiger partial charge in [-0.25, -0.2) is 0 Å². The first-order chi connectivity index (χ1) is 11.1. The van der Waals surface area contributed by atoms with E-state index in [9.17, 15) is 9.59 Å². The van der Waals surface area contributed by atoms with E-state index in [-0.39, 0.29) is 18.5 Å². The monoisotopic (exact) mass is 319 g/mol. The van der Waals surface area contributed by atoms with Crippen LogP contribution in [-0.2, 0) is 16.0 Å². The van der Waals surface area contributed by atoms with Gasteiger partial charge >= 0.3 is 5.97 Å². The number of carboxylic acids is 1. The molecule has 0 bridgehead atoms. The van der Waals surface area contributed by atoms with Crippen LogP contribution in [0.3, 0.4) is 0 Å². The molecule has 0 aliphatic rings. The number of hydrogen-bond donors (Lipinski definition) is 2. The molecule has 0 aliphatic carbocycles. The maximum Gasteiger partial charge on any atom is 0.303 e. The lowest BCUT2D eigenvalue weighted by atomic mass is 10.2. The van der Waals surface area contributed by atoms with E-state index in [1.165, 1.54) is 0 Å². The molecule has 2 rings (SSSR count). The molecule has 1 aromatic carbocycles. The van der Waals surface area contributed by atoms with Crippen LogP contribution < -0.4 is 10.3 Å². The highest BCUT2D eigenvalue weighted by Gasteiger charge is 2.09. The number of nitrogens with one attached hydrogen (secondary N) is 1. The number of H-pyrrole nitrogens is 1. The third-order valence-corrected chi connectivity index (χ3v) is 3.00. The van der Waals surface area contributed by atoms with E-state index in [1.807, 2.05) is 0 Å². The van der Waals surface area contributed by atoms with Crippen LogP contribution in [0.5, 0.6) is 5.75 Å². The Hall–Kier alpha value is -2.74. The van der Waals surface area contributed by atoms with Crippen molar-refractivity contribution >= 4 is 5.97 Å². The van der Waals surface area contributed by atoms with Crippen molar-refractivity contribution in [2.45, 2.75) is 12.8 Å². The number of carbonyl (C=O) groups is 1. The second-order valence-corrected chi connectivity index (χ2v) is 4.71. The molecule has 8 heteroatoms. The number of carboxylic acid groups (broad SMARTS) is 1. The van der Waals surface area contributed by atoms with Crippen molar-refractivity contribution < 1.29 is 19.4 Å². The Balaban J connectivity index is 2.15. The van der Waals surface area contributed by atoms with Gasteiger partial charge in [0.2, 0.25) is 0 Å². The van der Waals surface area contributed by atoms with Crippen molar-refractivity contribution in [3.05, 3.63) is 40.3 Å². The zero-order chi connectivity index (χ0) is 16.7. The van der Waals surface area contributed by atoms with Gasteiger partial charge in [-0.3, -0.25) is 9.59 Å². The molecule has 0 saturated heterocycles. The van der Waals surface area contributed by atoms with Gasteiger partial charge in [-0.2, -0.15) is 0 Å². The zero-order valence-electron chi connectivity index (χ0n) is 12.6. The quantitative estimate of drug-likeness (QED) is 0.694. The summed E-state index contributed by atoms with van der Waals surface area (Å²) in [5, 5.41) is 16.4. The van der Waals surface area contributed by atoms with Gasteiger partial charge in [0, 0.05) is 19.1 Å². The lowest BCUT2D eigenvalue weighted by Crippen LogP contribution is -2.18. The van der Waals surface area contributed by atoms with Crippen LogP contribution in [0, 0.1) is 0 Å². The van der Waals surface area contributed by atoms with E-state index in [4.69, 9.17) is 14.6 Å². The SMILES string of the molecule is COCCOc1cccc(-c2nnc(CCC(=O)O)c(=O)[nH]2)c1. The molecule has 2 aromatic rings. The van der Waals surface area contributed by atoms with Crippen molar-refractivity contribution in [2.75, 3.05) is 20.3 Å². The summed E-state index contributed by atoms with van der Waals surface area (Å²) in [6, 6.07) is 7.05. The standard InChI is InChI=1S/C15H17N3O5/c1-22-7-8-23-11-4-2-3-10(9-11)14-16-15(21)12(17-18-14)5-6-13(19)20/h2-4,9H,5-8H2,1H3,(H,19,20)(H,16,18,21). The molecule has 0 saturated carbocycles. The minimum absolute atomic E-state index is 0.0398. The number of nitrogens with zero attached hydrogens (tertiary/aromatic N) is 2. The van der Waals surface area contributed by atoms with Gasteiger partial charge in [-0.05, 0) is 12.1 Å². The van der Waals surface area contributed by atoms with Crippen LogP contribution >= 0.6 is 0 Å². The Morgan fingerprint density at radius 1 is 1.30 bits per heavy atom. The van der Waals surface area contributed by atoms with Gasteiger partial charge in [-0.1, -0.05) is 12.1 Å². The Morgan fingerprint density at radius 3 is 2.83 bits per heavy atom. The summed E-state index contributed by atoms with van der Waals surface area (Å²) < 4.78 is 10.4. The molecule has 0 unspecified atom stereocenters. The van der Waals surface area contributed by atoms with Crippen molar-refractivity contribution in [1.82, 2.24) is 15.2 Å². The van der Waals surface area contributed by atoms with Crippen LogP contribution in [0.2, 0.25) is 0 Å². The summed E-state index contributed by atoms with van der Waals surface area (Å²) in [6.07, 6.45) is -0.127. The Morgan fingerprint density at radius 2 is 2.13 bits per heavy atom. The number of aryl methyl sites for hydroxylation is 1. The van der Waals surface area contributed by atoms with Crippen molar-refractivity contribution in [3.8, 4) is 17.1 Å². The summed E-state index contributed by atoms with van der Waals surface area (Å²) >= 11 is 0.